The fraction of sp³-hybridized carbons (Fsp3) is 0.125. The molecule has 0 bridgehead atoms. The first-order valence-electron chi connectivity index (χ1n) is 6.83. The van der Waals surface area contributed by atoms with Crippen LogP contribution in [0.1, 0.15) is 11.3 Å². The van der Waals surface area contributed by atoms with Gasteiger partial charge in [-0.3, -0.25) is 15.1 Å². The number of anilines is 1. The van der Waals surface area contributed by atoms with Gasteiger partial charge in [-0.1, -0.05) is 6.07 Å². The molecule has 1 N–H and O–H groups in total. The Morgan fingerprint density at radius 1 is 1.23 bits per heavy atom. The predicted octanol–water partition coefficient (Wildman–Crippen LogP) is 3.46. The zero-order valence-electron chi connectivity index (χ0n) is 12.0. The van der Waals surface area contributed by atoms with Gasteiger partial charge < -0.3 is 5.32 Å². The molecule has 3 rings (SSSR count). The molecule has 0 fully saturated rings. The summed E-state index contributed by atoms with van der Waals surface area (Å²) in [5.41, 5.74) is 2.87. The van der Waals surface area contributed by atoms with Gasteiger partial charge in [-0.15, -0.1) is 0 Å². The Hall–Kier alpha value is -3.02. The van der Waals surface area contributed by atoms with Crippen molar-refractivity contribution in [2.45, 2.75) is 13.5 Å². The number of non-ortho nitro benzene ring substituents is 1. The van der Waals surface area contributed by atoms with Crippen molar-refractivity contribution in [1.82, 2.24) is 9.97 Å². The Labute approximate surface area is 127 Å². The molecule has 0 atom stereocenters. The van der Waals surface area contributed by atoms with Crippen molar-refractivity contribution in [2.24, 2.45) is 0 Å². The third-order valence-electron chi connectivity index (χ3n) is 3.44. The second-order valence-corrected chi connectivity index (χ2v) is 4.95. The third-order valence-corrected chi connectivity index (χ3v) is 3.44. The Morgan fingerprint density at radius 3 is 2.86 bits per heavy atom. The van der Waals surface area contributed by atoms with Crippen LogP contribution in [-0.2, 0) is 6.54 Å². The fourth-order valence-corrected chi connectivity index (χ4v) is 2.20. The molecule has 0 aliphatic rings. The molecule has 0 aliphatic carbocycles. The van der Waals surface area contributed by atoms with Crippen LogP contribution < -0.4 is 5.32 Å². The molecule has 0 aliphatic heterocycles. The van der Waals surface area contributed by atoms with E-state index in [2.05, 4.69) is 15.3 Å². The number of hydrogen-bond acceptors (Lipinski definition) is 5. The number of aryl methyl sites for hydroxylation is 1. The molecule has 110 valence electrons. The van der Waals surface area contributed by atoms with Gasteiger partial charge in [0, 0.05) is 23.7 Å². The fourth-order valence-electron chi connectivity index (χ4n) is 2.20. The highest BCUT2D eigenvalue weighted by atomic mass is 16.6. The molecule has 0 radical (unpaired) electrons. The quantitative estimate of drug-likeness (QED) is 0.588. The molecular formula is C16H14N4O2. The van der Waals surface area contributed by atoms with Gasteiger partial charge in [0.25, 0.3) is 5.69 Å². The van der Waals surface area contributed by atoms with Crippen LogP contribution in [0.25, 0.3) is 10.9 Å². The van der Waals surface area contributed by atoms with Gasteiger partial charge in [-0.05, 0) is 36.8 Å². The number of benzene rings is 1. The van der Waals surface area contributed by atoms with Crippen molar-refractivity contribution >= 4 is 22.4 Å². The number of hydrogen-bond donors (Lipinski definition) is 1. The van der Waals surface area contributed by atoms with Crippen molar-refractivity contribution in [1.29, 1.82) is 0 Å². The summed E-state index contributed by atoms with van der Waals surface area (Å²) in [6.07, 6.45) is 1.76. The van der Waals surface area contributed by atoms with Crippen molar-refractivity contribution in [2.75, 3.05) is 5.32 Å². The van der Waals surface area contributed by atoms with Crippen LogP contribution in [0.4, 0.5) is 11.5 Å². The summed E-state index contributed by atoms with van der Waals surface area (Å²) in [6.45, 7) is 2.59. The lowest BCUT2D eigenvalue weighted by Gasteiger charge is -2.08. The maximum absolute atomic E-state index is 10.8. The Morgan fingerprint density at radius 2 is 2.09 bits per heavy atom. The highest BCUT2D eigenvalue weighted by Crippen LogP contribution is 2.21. The van der Waals surface area contributed by atoms with Gasteiger partial charge in [-0.2, -0.15) is 0 Å². The van der Waals surface area contributed by atoms with E-state index in [-0.39, 0.29) is 5.69 Å². The van der Waals surface area contributed by atoms with Crippen molar-refractivity contribution in [3.8, 4) is 0 Å². The summed E-state index contributed by atoms with van der Waals surface area (Å²) in [5.74, 6) is 0.714. The van der Waals surface area contributed by atoms with Crippen molar-refractivity contribution < 1.29 is 4.92 Å². The van der Waals surface area contributed by atoms with Crippen molar-refractivity contribution in [3.63, 3.8) is 0 Å². The van der Waals surface area contributed by atoms with Crippen LogP contribution in [-0.4, -0.2) is 14.9 Å². The second kappa shape index (κ2) is 5.77. The molecule has 0 saturated carbocycles. The monoisotopic (exact) mass is 294 g/mol. The van der Waals surface area contributed by atoms with Crippen LogP contribution in [0.3, 0.4) is 0 Å². The van der Waals surface area contributed by atoms with E-state index >= 15 is 0 Å². The minimum atomic E-state index is -0.407. The molecule has 3 aromatic rings. The van der Waals surface area contributed by atoms with E-state index in [1.807, 2.05) is 31.2 Å². The Balaban J connectivity index is 1.82. The standard InChI is InChI=1S/C16H14N4O2/c1-11-3-2-8-17-15(11)10-18-16-7-4-12-9-13(20(21)22)5-6-14(12)19-16/h2-9H,10H2,1H3,(H,18,19). The zero-order valence-corrected chi connectivity index (χ0v) is 12.0. The first-order chi connectivity index (χ1) is 10.6. The van der Waals surface area contributed by atoms with Crippen molar-refractivity contribution in [3.05, 3.63) is 70.0 Å². The van der Waals surface area contributed by atoms with Gasteiger partial charge in [0.05, 0.1) is 22.7 Å². The predicted molar refractivity (Wildman–Crippen MR) is 84.7 cm³/mol. The number of aromatic nitrogens is 2. The molecule has 2 aromatic heterocycles. The second-order valence-electron chi connectivity index (χ2n) is 4.95. The topological polar surface area (TPSA) is 81.0 Å². The number of rotatable bonds is 4. The van der Waals surface area contributed by atoms with E-state index in [0.717, 1.165) is 16.6 Å². The molecule has 22 heavy (non-hydrogen) atoms. The summed E-state index contributed by atoms with van der Waals surface area (Å²) in [7, 11) is 0. The lowest BCUT2D eigenvalue weighted by Crippen LogP contribution is -2.04. The maximum atomic E-state index is 10.8. The summed E-state index contributed by atoms with van der Waals surface area (Å²) in [5, 5.41) is 14.7. The Bertz CT molecular complexity index is 848. The molecular weight excluding hydrogens is 280 g/mol. The van der Waals surface area contributed by atoms with E-state index < -0.39 is 4.92 Å². The van der Waals surface area contributed by atoms with Crippen LogP contribution in [0.5, 0.6) is 0 Å². The molecule has 0 saturated heterocycles. The van der Waals surface area contributed by atoms with Gasteiger partial charge in [0.15, 0.2) is 0 Å². The summed E-state index contributed by atoms with van der Waals surface area (Å²) in [4.78, 5) is 19.1. The van der Waals surface area contributed by atoms with Crippen LogP contribution in [0.15, 0.2) is 48.7 Å². The van der Waals surface area contributed by atoms with Crippen LogP contribution >= 0.6 is 0 Å². The van der Waals surface area contributed by atoms with Gasteiger partial charge in [0.2, 0.25) is 0 Å². The lowest BCUT2D eigenvalue weighted by atomic mass is 10.2. The van der Waals surface area contributed by atoms with E-state index in [9.17, 15) is 10.1 Å². The number of nitro groups is 1. The number of nitro benzene ring substituents is 1. The summed E-state index contributed by atoms with van der Waals surface area (Å²) < 4.78 is 0. The highest BCUT2D eigenvalue weighted by Gasteiger charge is 2.07. The molecule has 1 aromatic carbocycles. The molecule has 6 heteroatoms. The van der Waals surface area contributed by atoms with Gasteiger partial charge >= 0.3 is 0 Å². The number of nitrogens with zero attached hydrogens (tertiary/aromatic N) is 3. The minimum absolute atomic E-state index is 0.0686. The smallest absolute Gasteiger partial charge is 0.270 e. The zero-order chi connectivity index (χ0) is 15.5. The van der Waals surface area contributed by atoms with E-state index in [4.69, 9.17) is 0 Å². The van der Waals surface area contributed by atoms with Gasteiger partial charge in [0.1, 0.15) is 5.82 Å². The average Bonchev–Trinajstić information content (AvgIpc) is 2.53. The van der Waals surface area contributed by atoms with Gasteiger partial charge in [-0.25, -0.2) is 4.98 Å². The number of nitrogens with one attached hydrogen (secondary N) is 1. The third kappa shape index (κ3) is 2.85. The molecule has 0 unspecified atom stereocenters. The normalized spacial score (nSPS) is 10.6. The number of pyridine rings is 2. The molecule has 6 nitrogen and oxygen atoms in total. The maximum Gasteiger partial charge on any atom is 0.270 e. The SMILES string of the molecule is Cc1cccnc1CNc1ccc2cc([N+](=O)[O-])ccc2n1. The number of fused-ring (bicyclic) bond motifs is 1. The van der Waals surface area contributed by atoms with E-state index in [1.54, 1.807) is 12.3 Å². The lowest BCUT2D eigenvalue weighted by molar-refractivity contribution is -0.384. The van der Waals surface area contributed by atoms with E-state index in [0.29, 0.717) is 17.9 Å². The molecule has 2 heterocycles. The summed E-state index contributed by atoms with van der Waals surface area (Å²) >= 11 is 0. The van der Waals surface area contributed by atoms with E-state index in [1.165, 1.54) is 12.1 Å². The minimum Gasteiger partial charge on any atom is -0.364 e. The van der Waals surface area contributed by atoms with Crippen LogP contribution in [0, 0.1) is 17.0 Å². The Kier molecular flexibility index (Phi) is 3.65. The van der Waals surface area contributed by atoms with Crippen LogP contribution in [0.2, 0.25) is 0 Å². The summed E-state index contributed by atoms with van der Waals surface area (Å²) in [6, 6.07) is 12.2. The first-order valence-corrected chi connectivity index (χ1v) is 6.83. The highest BCUT2D eigenvalue weighted by molar-refractivity contribution is 5.82. The molecule has 0 spiro atoms. The largest absolute Gasteiger partial charge is 0.364 e. The average molecular weight is 294 g/mol. The first kappa shape index (κ1) is 13.9. The molecule has 0 amide bonds.